The molecule has 1 heterocycles. The number of rotatable bonds is 4. The zero-order chi connectivity index (χ0) is 26.2. The van der Waals surface area contributed by atoms with E-state index >= 15 is 0 Å². The Hall–Kier alpha value is -3.59. The second kappa shape index (κ2) is 12.4. The van der Waals surface area contributed by atoms with Gasteiger partial charge in [0.05, 0.1) is 17.7 Å². The molecule has 2 N–H and O–H groups in total. The molecular formula is C27H36N4O5. The number of likely N-dealkylation sites (N-methyl/N-ethyl adjacent to an activating group) is 1. The Bertz CT molecular complexity index is 1060. The average molecular weight is 497 g/mol. The summed E-state index contributed by atoms with van der Waals surface area (Å²) < 4.78 is 11.8. The summed E-state index contributed by atoms with van der Waals surface area (Å²) >= 11 is 0. The number of urea groups is 1. The van der Waals surface area contributed by atoms with Crippen molar-refractivity contribution in [2.45, 2.75) is 39.3 Å². The van der Waals surface area contributed by atoms with Gasteiger partial charge in [0.2, 0.25) is 5.91 Å². The predicted octanol–water partition coefficient (Wildman–Crippen LogP) is 4.07. The van der Waals surface area contributed by atoms with Gasteiger partial charge in [-0.15, -0.1) is 0 Å². The highest BCUT2D eigenvalue weighted by Crippen LogP contribution is 2.27. The molecule has 0 spiro atoms. The van der Waals surface area contributed by atoms with Crippen LogP contribution in [0, 0.1) is 5.92 Å². The van der Waals surface area contributed by atoms with E-state index in [1.807, 2.05) is 43.9 Å². The molecule has 2 aromatic carbocycles. The van der Waals surface area contributed by atoms with Crippen LogP contribution in [0.2, 0.25) is 0 Å². The van der Waals surface area contributed by atoms with Crippen molar-refractivity contribution in [2.24, 2.45) is 5.92 Å². The molecule has 9 nitrogen and oxygen atoms in total. The lowest BCUT2D eigenvalue weighted by Gasteiger charge is -2.36. The molecule has 0 fully saturated rings. The molecule has 0 aromatic heterocycles. The zero-order valence-corrected chi connectivity index (χ0v) is 21.6. The molecule has 3 atom stereocenters. The summed E-state index contributed by atoms with van der Waals surface area (Å²) in [5.41, 5.74) is 1.50. The van der Waals surface area contributed by atoms with Gasteiger partial charge in [0, 0.05) is 57.0 Å². The van der Waals surface area contributed by atoms with Crippen molar-refractivity contribution in [1.82, 2.24) is 9.80 Å². The zero-order valence-electron chi connectivity index (χ0n) is 21.6. The van der Waals surface area contributed by atoms with E-state index in [0.29, 0.717) is 42.2 Å². The third-order valence-corrected chi connectivity index (χ3v) is 6.36. The largest absolute Gasteiger partial charge is 0.491 e. The van der Waals surface area contributed by atoms with E-state index in [-0.39, 0.29) is 36.5 Å². The van der Waals surface area contributed by atoms with Gasteiger partial charge in [0.25, 0.3) is 5.91 Å². The first-order valence-corrected chi connectivity index (χ1v) is 12.2. The van der Waals surface area contributed by atoms with E-state index in [4.69, 9.17) is 9.47 Å². The Morgan fingerprint density at radius 1 is 1.06 bits per heavy atom. The number of hydrogen-bond donors (Lipinski definition) is 2. The minimum Gasteiger partial charge on any atom is -0.491 e. The van der Waals surface area contributed by atoms with Crippen molar-refractivity contribution in [3.63, 3.8) is 0 Å². The number of carbonyl (C=O) groups excluding carboxylic acids is 3. The molecule has 0 radical (unpaired) electrons. The van der Waals surface area contributed by atoms with Gasteiger partial charge in [0.15, 0.2) is 0 Å². The minimum absolute atomic E-state index is 0.0109. The quantitative estimate of drug-likeness (QED) is 0.665. The molecule has 0 aliphatic carbocycles. The first-order chi connectivity index (χ1) is 17.2. The van der Waals surface area contributed by atoms with Crippen LogP contribution in [0.5, 0.6) is 5.75 Å². The van der Waals surface area contributed by atoms with Crippen LogP contribution in [0.4, 0.5) is 16.2 Å². The molecule has 0 bridgehead atoms. The number of anilines is 2. The number of benzene rings is 2. The van der Waals surface area contributed by atoms with Crippen LogP contribution in [0.1, 0.15) is 37.6 Å². The lowest BCUT2D eigenvalue weighted by Crippen LogP contribution is -2.48. The maximum Gasteiger partial charge on any atom is 0.323 e. The van der Waals surface area contributed by atoms with Crippen molar-refractivity contribution in [2.75, 3.05) is 44.5 Å². The Balaban J connectivity index is 1.89. The second-order valence-corrected chi connectivity index (χ2v) is 9.15. The number of methoxy groups -OCH3 is 1. The maximum atomic E-state index is 13.3. The van der Waals surface area contributed by atoms with E-state index in [1.165, 1.54) is 0 Å². The third kappa shape index (κ3) is 6.75. The van der Waals surface area contributed by atoms with E-state index in [2.05, 4.69) is 10.6 Å². The Morgan fingerprint density at radius 3 is 2.42 bits per heavy atom. The SMILES string of the molecule is CCC(=O)N1C[C@@H](C)[C@@H](OC)CN(C)C(=O)c2ccc(NC(=O)Nc3ccccc3)cc2OC[C@@H]1C. The standard InChI is InChI=1S/C27H36N4O5/c1-6-25(32)31-15-18(2)24(35-5)16-30(4)26(33)22-13-12-21(14-23(22)36-17-19(31)3)29-27(34)28-20-10-8-7-9-11-20/h7-14,18-19,24H,6,15-17H2,1-5H3,(H2,28,29,34)/t18-,19+,24+/m1/s1. The number of ether oxygens (including phenoxy) is 2. The smallest absolute Gasteiger partial charge is 0.323 e. The van der Waals surface area contributed by atoms with Crippen molar-refractivity contribution in [1.29, 1.82) is 0 Å². The van der Waals surface area contributed by atoms with Crippen LogP contribution in [0.15, 0.2) is 48.5 Å². The lowest BCUT2D eigenvalue weighted by atomic mass is 10.0. The fraction of sp³-hybridized carbons (Fsp3) is 0.444. The van der Waals surface area contributed by atoms with Gasteiger partial charge in [-0.1, -0.05) is 32.0 Å². The van der Waals surface area contributed by atoms with Gasteiger partial charge < -0.3 is 29.9 Å². The van der Waals surface area contributed by atoms with Crippen molar-refractivity contribution in [3.8, 4) is 5.75 Å². The van der Waals surface area contributed by atoms with Gasteiger partial charge in [-0.2, -0.15) is 0 Å². The van der Waals surface area contributed by atoms with E-state index in [1.54, 1.807) is 49.4 Å². The van der Waals surface area contributed by atoms with Gasteiger partial charge in [-0.05, 0) is 31.2 Å². The Kier molecular flexibility index (Phi) is 9.30. The summed E-state index contributed by atoms with van der Waals surface area (Å²) in [5.74, 6) is 0.163. The van der Waals surface area contributed by atoms with E-state index in [9.17, 15) is 14.4 Å². The van der Waals surface area contributed by atoms with Crippen LogP contribution in [0.3, 0.4) is 0 Å². The number of fused-ring (bicyclic) bond motifs is 1. The van der Waals surface area contributed by atoms with Crippen molar-refractivity contribution >= 4 is 29.2 Å². The van der Waals surface area contributed by atoms with Gasteiger partial charge in [0.1, 0.15) is 12.4 Å². The van der Waals surface area contributed by atoms with Crippen molar-refractivity contribution < 1.29 is 23.9 Å². The van der Waals surface area contributed by atoms with Crippen LogP contribution in [0.25, 0.3) is 0 Å². The Morgan fingerprint density at radius 2 is 1.75 bits per heavy atom. The molecule has 4 amide bonds. The maximum absolute atomic E-state index is 13.3. The summed E-state index contributed by atoms with van der Waals surface area (Å²) in [6.45, 7) is 6.83. The second-order valence-electron chi connectivity index (χ2n) is 9.15. The molecule has 1 aliphatic heterocycles. The van der Waals surface area contributed by atoms with Crippen LogP contribution < -0.4 is 15.4 Å². The van der Waals surface area contributed by atoms with Crippen LogP contribution in [-0.4, -0.2) is 73.6 Å². The molecule has 9 heteroatoms. The first-order valence-electron chi connectivity index (χ1n) is 12.2. The molecule has 1 aliphatic rings. The fourth-order valence-corrected chi connectivity index (χ4v) is 4.22. The van der Waals surface area contributed by atoms with Gasteiger partial charge in [-0.25, -0.2) is 4.79 Å². The molecule has 36 heavy (non-hydrogen) atoms. The monoisotopic (exact) mass is 496 g/mol. The summed E-state index contributed by atoms with van der Waals surface area (Å²) in [6, 6.07) is 13.4. The number of amides is 4. The topological polar surface area (TPSA) is 100 Å². The van der Waals surface area contributed by atoms with Crippen molar-refractivity contribution in [3.05, 3.63) is 54.1 Å². The normalized spacial score (nSPS) is 20.9. The van der Waals surface area contributed by atoms with E-state index in [0.717, 1.165) is 0 Å². The molecule has 194 valence electrons. The number of para-hydroxylation sites is 1. The highest BCUT2D eigenvalue weighted by Gasteiger charge is 2.29. The minimum atomic E-state index is -0.414. The summed E-state index contributed by atoms with van der Waals surface area (Å²) in [7, 11) is 3.34. The number of carbonyl (C=O) groups is 3. The molecule has 0 unspecified atom stereocenters. The molecular weight excluding hydrogens is 460 g/mol. The molecule has 0 saturated heterocycles. The molecule has 3 rings (SSSR count). The average Bonchev–Trinajstić information content (AvgIpc) is 2.87. The van der Waals surface area contributed by atoms with Gasteiger partial charge >= 0.3 is 6.03 Å². The highest BCUT2D eigenvalue weighted by atomic mass is 16.5. The molecule has 2 aromatic rings. The van der Waals surface area contributed by atoms with Crippen LogP contribution >= 0.6 is 0 Å². The number of hydrogen-bond acceptors (Lipinski definition) is 5. The Labute approximate surface area is 212 Å². The fourth-order valence-electron chi connectivity index (χ4n) is 4.22. The lowest BCUT2D eigenvalue weighted by molar-refractivity contribution is -0.135. The van der Waals surface area contributed by atoms with E-state index < -0.39 is 6.03 Å². The molecule has 0 saturated carbocycles. The number of nitrogens with one attached hydrogen (secondary N) is 2. The highest BCUT2D eigenvalue weighted by molar-refractivity contribution is 6.01. The summed E-state index contributed by atoms with van der Waals surface area (Å²) in [4.78, 5) is 41.9. The van der Waals surface area contributed by atoms with Gasteiger partial charge in [-0.3, -0.25) is 9.59 Å². The summed E-state index contributed by atoms with van der Waals surface area (Å²) in [6.07, 6.45) is 0.138. The summed E-state index contributed by atoms with van der Waals surface area (Å²) in [5, 5.41) is 5.55. The third-order valence-electron chi connectivity index (χ3n) is 6.36. The number of nitrogens with zero attached hydrogens (tertiary/aromatic N) is 2. The first kappa shape index (κ1) is 27.0. The van der Waals surface area contributed by atoms with Crippen LogP contribution in [-0.2, 0) is 9.53 Å². The predicted molar refractivity (Wildman–Crippen MR) is 139 cm³/mol.